The minimum absolute atomic E-state index is 0.153. The molecule has 0 bridgehead atoms. The lowest BCUT2D eigenvalue weighted by Crippen LogP contribution is -1.93. The topological polar surface area (TPSA) is 21.6 Å². The van der Waals surface area contributed by atoms with Crippen LogP contribution in [0.3, 0.4) is 0 Å². The van der Waals surface area contributed by atoms with Gasteiger partial charge in [-0.1, -0.05) is 47.2 Å². The van der Waals surface area contributed by atoms with Gasteiger partial charge in [0.25, 0.3) is 0 Å². The molecule has 0 spiro atoms. The maximum atomic E-state index is 5.07. The summed E-state index contributed by atoms with van der Waals surface area (Å²) in [6, 6.07) is 10.1. The Kier molecular flexibility index (Phi) is 2.04. The highest BCUT2D eigenvalue weighted by molar-refractivity contribution is 8.15. The molecule has 0 saturated carbocycles. The van der Waals surface area contributed by atoms with E-state index in [0.717, 1.165) is 10.6 Å². The Morgan fingerprint density at radius 3 is 2.67 bits per heavy atom. The number of hydrogen-bond acceptors (Lipinski definition) is 3. The number of oxime groups is 1. The largest absolute Gasteiger partial charge is 0.380 e. The summed E-state index contributed by atoms with van der Waals surface area (Å²) >= 11 is 1.65. The SMILES string of the molecule is CC1ON=C(c2ccccc2)S1. The smallest absolute Gasteiger partial charge is 0.176 e. The van der Waals surface area contributed by atoms with Crippen molar-refractivity contribution in [3.8, 4) is 0 Å². The molecule has 1 unspecified atom stereocenters. The summed E-state index contributed by atoms with van der Waals surface area (Å²) < 4.78 is 0. The van der Waals surface area contributed by atoms with Crippen molar-refractivity contribution in [2.24, 2.45) is 5.16 Å². The summed E-state index contributed by atoms with van der Waals surface area (Å²) in [5.41, 5.74) is 1.28. The van der Waals surface area contributed by atoms with Crippen LogP contribution in [0, 0.1) is 0 Å². The molecule has 1 aromatic carbocycles. The van der Waals surface area contributed by atoms with E-state index in [1.165, 1.54) is 0 Å². The van der Waals surface area contributed by atoms with Crippen LogP contribution in [0.25, 0.3) is 0 Å². The van der Waals surface area contributed by atoms with Crippen LogP contribution in [0.2, 0.25) is 0 Å². The van der Waals surface area contributed by atoms with Crippen LogP contribution in [0.1, 0.15) is 12.5 Å². The number of benzene rings is 1. The molecule has 0 aliphatic carbocycles. The predicted octanol–water partition coefficient (Wildman–Crippen LogP) is 2.46. The van der Waals surface area contributed by atoms with Crippen LogP contribution in [0.15, 0.2) is 35.5 Å². The Morgan fingerprint density at radius 1 is 1.33 bits per heavy atom. The Morgan fingerprint density at radius 2 is 2.08 bits per heavy atom. The molecule has 2 rings (SSSR count). The summed E-state index contributed by atoms with van der Waals surface area (Å²) in [6.07, 6.45) is 0. The average molecular weight is 179 g/mol. The van der Waals surface area contributed by atoms with Crippen molar-refractivity contribution < 1.29 is 4.84 Å². The van der Waals surface area contributed by atoms with Crippen molar-refractivity contribution in [3.63, 3.8) is 0 Å². The van der Waals surface area contributed by atoms with E-state index in [0.29, 0.717) is 0 Å². The summed E-state index contributed by atoms with van der Waals surface area (Å²) in [4.78, 5) is 5.07. The van der Waals surface area contributed by atoms with Gasteiger partial charge < -0.3 is 4.84 Å². The first-order chi connectivity index (χ1) is 5.86. The second kappa shape index (κ2) is 3.19. The monoisotopic (exact) mass is 179 g/mol. The van der Waals surface area contributed by atoms with Crippen molar-refractivity contribution in [3.05, 3.63) is 35.9 Å². The molecule has 3 heteroatoms. The van der Waals surface area contributed by atoms with Crippen LogP contribution >= 0.6 is 11.8 Å². The minimum Gasteiger partial charge on any atom is -0.380 e. The molecule has 0 N–H and O–H groups in total. The molecule has 1 aliphatic heterocycles. The molecular weight excluding hydrogens is 170 g/mol. The van der Waals surface area contributed by atoms with Crippen LogP contribution in [-0.2, 0) is 4.84 Å². The van der Waals surface area contributed by atoms with Gasteiger partial charge in [0.05, 0.1) is 0 Å². The van der Waals surface area contributed by atoms with Gasteiger partial charge in [0, 0.05) is 5.56 Å². The van der Waals surface area contributed by atoms with E-state index in [-0.39, 0.29) is 5.44 Å². The Hall–Kier alpha value is -0.960. The van der Waals surface area contributed by atoms with Gasteiger partial charge in [-0.2, -0.15) is 0 Å². The zero-order valence-corrected chi connectivity index (χ0v) is 7.54. The van der Waals surface area contributed by atoms with Crippen molar-refractivity contribution in [1.29, 1.82) is 0 Å². The van der Waals surface area contributed by atoms with E-state index in [9.17, 15) is 0 Å². The first-order valence-electron chi connectivity index (χ1n) is 3.82. The van der Waals surface area contributed by atoms with Crippen LogP contribution < -0.4 is 0 Å². The summed E-state index contributed by atoms with van der Waals surface area (Å²) in [6.45, 7) is 1.99. The second-order valence-electron chi connectivity index (χ2n) is 2.55. The zero-order valence-electron chi connectivity index (χ0n) is 6.73. The normalized spacial score (nSPS) is 21.8. The van der Waals surface area contributed by atoms with Crippen molar-refractivity contribution in [1.82, 2.24) is 0 Å². The van der Waals surface area contributed by atoms with Gasteiger partial charge in [0.1, 0.15) is 5.04 Å². The fourth-order valence-electron chi connectivity index (χ4n) is 1.02. The summed E-state index contributed by atoms with van der Waals surface area (Å²) in [5, 5.41) is 4.94. The highest BCUT2D eigenvalue weighted by atomic mass is 32.2. The third-order valence-corrected chi connectivity index (χ3v) is 2.53. The van der Waals surface area contributed by atoms with E-state index in [1.807, 2.05) is 37.3 Å². The second-order valence-corrected chi connectivity index (χ2v) is 3.84. The molecule has 62 valence electrons. The van der Waals surface area contributed by atoms with Gasteiger partial charge in [-0.05, 0) is 6.92 Å². The van der Waals surface area contributed by atoms with Gasteiger partial charge in [0.15, 0.2) is 5.44 Å². The quantitative estimate of drug-likeness (QED) is 0.660. The Labute approximate surface area is 75.6 Å². The first-order valence-corrected chi connectivity index (χ1v) is 4.70. The maximum Gasteiger partial charge on any atom is 0.176 e. The van der Waals surface area contributed by atoms with Gasteiger partial charge in [0.2, 0.25) is 0 Å². The molecule has 0 radical (unpaired) electrons. The molecule has 1 aliphatic rings. The van der Waals surface area contributed by atoms with Crippen molar-refractivity contribution in [2.45, 2.75) is 12.4 Å². The van der Waals surface area contributed by atoms with Crippen LogP contribution in [-0.4, -0.2) is 10.5 Å². The molecule has 0 aromatic heterocycles. The molecule has 0 fully saturated rings. The average Bonchev–Trinajstić information content (AvgIpc) is 2.54. The third-order valence-electron chi connectivity index (χ3n) is 1.58. The van der Waals surface area contributed by atoms with E-state index >= 15 is 0 Å². The highest BCUT2D eigenvalue weighted by Crippen LogP contribution is 2.25. The van der Waals surface area contributed by atoms with Crippen molar-refractivity contribution >= 4 is 16.8 Å². The molecule has 12 heavy (non-hydrogen) atoms. The number of nitrogens with zero attached hydrogens (tertiary/aromatic N) is 1. The molecule has 1 heterocycles. The fraction of sp³-hybridized carbons (Fsp3) is 0.222. The molecule has 1 aromatic rings. The number of hydrogen-bond donors (Lipinski definition) is 0. The molecular formula is C9H9NOS. The maximum absolute atomic E-state index is 5.07. The number of rotatable bonds is 1. The van der Waals surface area contributed by atoms with E-state index in [2.05, 4.69) is 5.16 Å². The predicted molar refractivity (Wildman–Crippen MR) is 51.1 cm³/mol. The van der Waals surface area contributed by atoms with Gasteiger partial charge >= 0.3 is 0 Å². The molecule has 0 saturated heterocycles. The minimum atomic E-state index is 0.153. The van der Waals surface area contributed by atoms with Crippen molar-refractivity contribution in [2.75, 3.05) is 0 Å². The standard InChI is InChI=1S/C9H9NOS/c1-7-11-10-9(12-7)8-5-3-2-4-6-8/h2-7H,1H3. The van der Waals surface area contributed by atoms with Gasteiger partial charge in [-0.15, -0.1) is 0 Å². The molecule has 2 nitrogen and oxygen atoms in total. The summed E-state index contributed by atoms with van der Waals surface area (Å²) in [7, 11) is 0. The first kappa shape index (κ1) is 7.68. The number of thioether (sulfide) groups is 1. The molecule has 0 amide bonds. The van der Waals surface area contributed by atoms with Gasteiger partial charge in [-0.3, -0.25) is 0 Å². The lowest BCUT2D eigenvalue weighted by atomic mass is 10.2. The molecule has 1 atom stereocenters. The van der Waals surface area contributed by atoms with Crippen LogP contribution in [0.5, 0.6) is 0 Å². The van der Waals surface area contributed by atoms with Gasteiger partial charge in [-0.25, -0.2) is 0 Å². The van der Waals surface area contributed by atoms with Crippen LogP contribution in [0.4, 0.5) is 0 Å². The van der Waals surface area contributed by atoms with E-state index in [1.54, 1.807) is 11.8 Å². The fourth-order valence-corrected chi connectivity index (χ4v) is 1.78. The highest BCUT2D eigenvalue weighted by Gasteiger charge is 2.17. The Bertz CT molecular complexity index is 297. The summed E-state index contributed by atoms with van der Waals surface area (Å²) in [5.74, 6) is 0. The lowest BCUT2D eigenvalue weighted by molar-refractivity contribution is 0.142. The Balaban J connectivity index is 2.22. The van der Waals surface area contributed by atoms with E-state index in [4.69, 9.17) is 4.84 Å². The zero-order chi connectivity index (χ0) is 8.39. The van der Waals surface area contributed by atoms with E-state index < -0.39 is 0 Å². The third kappa shape index (κ3) is 1.46. The lowest BCUT2D eigenvalue weighted by Gasteiger charge is -1.96.